The summed E-state index contributed by atoms with van der Waals surface area (Å²) in [6, 6.07) is 5.40. The van der Waals surface area contributed by atoms with E-state index in [1.807, 2.05) is 31.2 Å². The van der Waals surface area contributed by atoms with E-state index in [9.17, 15) is 9.18 Å². The van der Waals surface area contributed by atoms with Gasteiger partial charge in [-0.05, 0) is 49.0 Å². The number of aliphatic imine (C=N–C) groups is 1. The Balaban J connectivity index is 2.02. The van der Waals surface area contributed by atoms with Gasteiger partial charge in [-0.15, -0.1) is 0 Å². The Labute approximate surface area is 158 Å². The monoisotopic (exact) mass is 365 g/mol. The third-order valence-corrected chi connectivity index (χ3v) is 4.87. The molecule has 2 atom stereocenters. The zero-order valence-corrected chi connectivity index (χ0v) is 16.0. The van der Waals surface area contributed by atoms with Crippen molar-refractivity contribution in [3.8, 4) is 11.8 Å². The molecule has 2 unspecified atom stereocenters. The molecule has 1 aromatic heterocycles. The molecule has 2 aromatic rings. The maximum absolute atomic E-state index is 14.1. The molecular formula is C22H24FN3O. The molecule has 0 radical (unpaired) electrons. The second-order valence-electron chi connectivity index (χ2n) is 6.87. The summed E-state index contributed by atoms with van der Waals surface area (Å²) >= 11 is 0. The lowest BCUT2D eigenvalue weighted by Gasteiger charge is -2.11. The molecule has 0 saturated carbocycles. The fraction of sp³-hybridized carbons (Fsp3) is 0.409. The number of halogens is 1. The van der Waals surface area contributed by atoms with Crippen molar-refractivity contribution in [2.24, 2.45) is 10.9 Å². The Morgan fingerprint density at radius 2 is 2.30 bits per heavy atom. The molecule has 140 valence electrons. The fourth-order valence-electron chi connectivity index (χ4n) is 3.22. The van der Waals surface area contributed by atoms with Crippen LogP contribution in [0.1, 0.15) is 38.1 Å². The number of nitrogens with zero attached hydrogens (tertiary/aromatic N) is 3. The van der Waals surface area contributed by atoms with Crippen LogP contribution < -0.4 is 5.56 Å². The Bertz CT molecular complexity index is 1020. The number of aromatic nitrogens is 2. The lowest BCUT2D eigenvalue weighted by atomic mass is 10.0. The van der Waals surface area contributed by atoms with E-state index in [1.165, 1.54) is 0 Å². The second kappa shape index (κ2) is 8.30. The summed E-state index contributed by atoms with van der Waals surface area (Å²) in [7, 11) is 1.71. The van der Waals surface area contributed by atoms with Crippen LogP contribution in [-0.2, 0) is 13.0 Å². The topological polar surface area (TPSA) is 47.2 Å². The standard InChI is InChI=1S/C22H24FN3O/c1-4-5-6-17(24-3)9-7-16-8-10-18-20(14-16)25-21-13-15(2)19(23)11-12-26(21)22(18)27/h5-6,8,10,14-15,19H,4,11-13H2,1-3H3/b6-5-,24-17?. The van der Waals surface area contributed by atoms with Gasteiger partial charge in [0.15, 0.2) is 0 Å². The van der Waals surface area contributed by atoms with Crippen LogP contribution in [0.5, 0.6) is 0 Å². The molecule has 3 rings (SSSR count). The van der Waals surface area contributed by atoms with E-state index in [0.29, 0.717) is 41.8 Å². The van der Waals surface area contributed by atoms with Gasteiger partial charge in [-0.2, -0.15) is 0 Å². The molecule has 1 aromatic carbocycles. The van der Waals surface area contributed by atoms with E-state index in [-0.39, 0.29) is 11.5 Å². The van der Waals surface area contributed by atoms with Gasteiger partial charge < -0.3 is 0 Å². The van der Waals surface area contributed by atoms with E-state index in [0.717, 1.165) is 12.0 Å². The molecule has 0 aliphatic carbocycles. The Morgan fingerprint density at radius 3 is 3.04 bits per heavy atom. The molecule has 5 heteroatoms. The quantitative estimate of drug-likeness (QED) is 0.602. The lowest BCUT2D eigenvalue weighted by molar-refractivity contribution is 0.229. The number of benzene rings is 1. The molecule has 27 heavy (non-hydrogen) atoms. The van der Waals surface area contributed by atoms with Gasteiger partial charge >= 0.3 is 0 Å². The molecule has 4 nitrogen and oxygen atoms in total. The summed E-state index contributed by atoms with van der Waals surface area (Å²) in [6.45, 7) is 4.30. The van der Waals surface area contributed by atoms with Crippen molar-refractivity contribution < 1.29 is 4.39 Å². The molecule has 1 aliphatic heterocycles. The van der Waals surface area contributed by atoms with Crippen molar-refractivity contribution in [2.75, 3.05) is 7.05 Å². The number of hydrogen-bond acceptors (Lipinski definition) is 3. The number of fused-ring (bicyclic) bond motifs is 2. The molecule has 0 amide bonds. The van der Waals surface area contributed by atoms with Gasteiger partial charge in [0.1, 0.15) is 17.7 Å². The minimum Gasteiger partial charge on any atom is -0.296 e. The number of hydrogen-bond donors (Lipinski definition) is 0. The lowest BCUT2D eigenvalue weighted by Crippen LogP contribution is -2.24. The summed E-state index contributed by atoms with van der Waals surface area (Å²) in [5, 5.41) is 0.546. The first kappa shape index (κ1) is 19.0. The molecule has 0 saturated heterocycles. The van der Waals surface area contributed by atoms with Gasteiger partial charge in [0.05, 0.1) is 10.9 Å². The van der Waals surface area contributed by atoms with Crippen LogP contribution in [0.4, 0.5) is 4.39 Å². The summed E-state index contributed by atoms with van der Waals surface area (Å²) in [5.74, 6) is 6.64. The van der Waals surface area contributed by atoms with Crippen LogP contribution in [0, 0.1) is 17.8 Å². The minimum atomic E-state index is -0.904. The Kier molecular flexibility index (Phi) is 5.85. The average Bonchev–Trinajstić information content (AvgIpc) is 2.80. The fourth-order valence-corrected chi connectivity index (χ4v) is 3.22. The normalized spacial score (nSPS) is 20.2. The van der Waals surface area contributed by atoms with Crippen molar-refractivity contribution in [2.45, 2.75) is 45.8 Å². The van der Waals surface area contributed by atoms with Crippen LogP contribution in [0.25, 0.3) is 10.9 Å². The van der Waals surface area contributed by atoms with Crippen molar-refractivity contribution in [3.05, 3.63) is 52.1 Å². The van der Waals surface area contributed by atoms with Crippen LogP contribution in [0.15, 0.2) is 40.1 Å². The highest BCUT2D eigenvalue weighted by Gasteiger charge is 2.24. The SMILES string of the molecule is CC/C=C\C(C#Cc1ccc2c(=O)n3c(nc2c1)CC(C)C(F)CC3)=NC. The third kappa shape index (κ3) is 4.16. The Hall–Kier alpha value is -2.74. The van der Waals surface area contributed by atoms with Gasteiger partial charge in [0.25, 0.3) is 5.56 Å². The van der Waals surface area contributed by atoms with E-state index < -0.39 is 6.17 Å². The number of rotatable bonds is 2. The molecule has 0 fully saturated rings. The van der Waals surface area contributed by atoms with Crippen LogP contribution in [0.3, 0.4) is 0 Å². The maximum Gasteiger partial charge on any atom is 0.261 e. The highest BCUT2D eigenvalue weighted by atomic mass is 19.1. The van der Waals surface area contributed by atoms with Crippen molar-refractivity contribution in [1.82, 2.24) is 9.55 Å². The van der Waals surface area contributed by atoms with E-state index >= 15 is 0 Å². The first-order chi connectivity index (χ1) is 13.0. The zero-order valence-electron chi connectivity index (χ0n) is 16.0. The average molecular weight is 365 g/mol. The molecule has 0 bridgehead atoms. The van der Waals surface area contributed by atoms with Gasteiger partial charge in [-0.1, -0.05) is 25.8 Å². The van der Waals surface area contributed by atoms with Crippen LogP contribution in [-0.4, -0.2) is 28.5 Å². The van der Waals surface area contributed by atoms with Crippen LogP contribution in [0.2, 0.25) is 0 Å². The number of alkyl halides is 1. The van der Waals surface area contributed by atoms with E-state index in [4.69, 9.17) is 0 Å². The predicted molar refractivity (Wildman–Crippen MR) is 108 cm³/mol. The predicted octanol–water partition coefficient (Wildman–Crippen LogP) is 3.71. The highest BCUT2D eigenvalue weighted by molar-refractivity contribution is 6.09. The van der Waals surface area contributed by atoms with Gasteiger partial charge in [-0.3, -0.25) is 14.4 Å². The van der Waals surface area contributed by atoms with Gasteiger partial charge in [-0.25, -0.2) is 9.37 Å². The third-order valence-electron chi connectivity index (χ3n) is 4.87. The molecular weight excluding hydrogens is 341 g/mol. The molecule has 1 aliphatic rings. The van der Waals surface area contributed by atoms with Crippen LogP contribution >= 0.6 is 0 Å². The van der Waals surface area contributed by atoms with E-state index in [1.54, 1.807) is 17.7 Å². The highest BCUT2D eigenvalue weighted by Crippen LogP contribution is 2.22. The molecule has 2 heterocycles. The summed E-state index contributed by atoms with van der Waals surface area (Å²) in [6.07, 6.45) is 4.75. The molecule has 0 spiro atoms. The Morgan fingerprint density at radius 1 is 1.48 bits per heavy atom. The van der Waals surface area contributed by atoms with Gasteiger partial charge in [0, 0.05) is 25.6 Å². The van der Waals surface area contributed by atoms with E-state index in [2.05, 4.69) is 28.7 Å². The zero-order chi connectivity index (χ0) is 19.4. The van der Waals surface area contributed by atoms with Crippen molar-refractivity contribution in [1.29, 1.82) is 0 Å². The van der Waals surface area contributed by atoms with Gasteiger partial charge in [0.2, 0.25) is 0 Å². The van der Waals surface area contributed by atoms with Crippen molar-refractivity contribution >= 4 is 16.6 Å². The first-order valence-electron chi connectivity index (χ1n) is 9.36. The maximum atomic E-state index is 14.1. The molecule has 0 N–H and O–H groups in total. The second-order valence-corrected chi connectivity index (χ2v) is 6.87. The van der Waals surface area contributed by atoms with Crippen molar-refractivity contribution in [3.63, 3.8) is 0 Å². The summed E-state index contributed by atoms with van der Waals surface area (Å²) < 4.78 is 15.7. The first-order valence-corrected chi connectivity index (χ1v) is 9.36. The smallest absolute Gasteiger partial charge is 0.261 e. The minimum absolute atomic E-state index is 0.0995. The summed E-state index contributed by atoms with van der Waals surface area (Å²) in [5.41, 5.74) is 1.99. The largest absolute Gasteiger partial charge is 0.296 e. The summed E-state index contributed by atoms with van der Waals surface area (Å²) in [4.78, 5) is 21.6. The number of allylic oxidation sites excluding steroid dienone is 2.